The maximum Gasteiger partial charge on any atom is 0.416 e. The van der Waals surface area contributed by atoms with Crippen LogP contribution in [0.1, 0.15) is 17.5 Å². The number of hydrogen-bond acceptors (Lipinski definition) is 6. The molecule has 0 aromatic heterocycles. The van der Waals surface area contributed by atoms with Gasteiger partial charge in [-0.2, -0.15) is 13.2 Å². The Labute approximate surface area is 184 Å². The number of amides is 2. The molecule has 0 unspecified atom stereocenters. The van der Waals surface area contributed by atoms with Gasteiger partial charge in [-0.25, -0.2) is 4.90 Å². The lowest BCUT2D eigenvalue weighted by atomic mass is 10.1. The van der Waals surface area contributed by atoms with Gasteiger partial charge in [-0.3, -0.25) is 14.4 Å². The second-order valence-electron chi connectivity index (χ2n) is 6.47. The summed E-state index contributed by atoms with van der Waals surface area (Å²) in [6, 6.07) is 8.57. The molecular formula is C21H16F3NO6S. The Balaban J connectivity index is 1.84. The summed E-state index contributed by atoms with van der Waals surface area (Å²) in [6.07, 6.45) is -3.41. The molecule has 7 nitrogen and oxygen atoms in total. The molecule has 2 amide bonds. The highest BCUT2D eigenvalue weighted by molar-refractivity contribution is 8.19. The molecule has 2 aromatic carbocycles. The van der Waals surface area contributed by atoms with Crippen LogP contribution >= 0.6 is 11.8 Å². The van der Waals surface area contributed by atoms with E-state index in [0.717, 1.165) is 18.2 Å². The van der Waals surface area contributed by atoms with Gasteiger partial charge in [0.05, 0.1) is 36.3 Å². The number of benzene rings is 2. The van der Waals surface area contributed by atoms with Crippen LogP contribution in [0.2, 0.25) is 0 Å². The maximum absolute atomic E-state index is 13.0. The molecule has 2 aromatic rings. The van der Waals surface area contributed by atoms with Crippen molar-refractivity contribution in [2.45, 2.75) is 12.6 Å². The van der Waals surface area contributed by atoms with Crippen LogP contribution in [-0.2, 0) is 15.8 Å². The van der Waals surface area contributed by atoms with Crippen LogP contribution in [0.4, 0.5) is 23.7 Å². The van der Waals surface area contributed by atoms with Gasteiger partial charge in [0, 0.05) is 0 Å². The van der Waals surface area contributed by atoms with Gasteiger partial charge in [0.2, 0.25) is 0 Å². The molecule has 0 spiro atoms. The highest BCUT2D eigenvalue weighted by Crippen LogP contribution is 2.39. The standard InChI is InChI=1S/C21H16F3NO6S/c1-30-16-9-12(5-6-15(16)31-8-7-18(26)27)10-17-19(28)25(20(29)32-17)14-4-2-3-13(11-14)21(22,23)24/h2-6,9-11H,7-8H2,1H3,(H,26,27)/b17-10+. The Kier molecular flexibility index (Phi) is 6.78. The summed E-state index contributed by atoms with van der Waals surface area (Å²) >= 11 is 0.600. The number of carboxylic acids is 1. The third kappa shape index (κ3) is 5.22. The Bertz CT molecular complexity index is 1100. The fraction of sp³-hybridized carbons (Fsp3) is 0.190. The number of rotatable bonds is 7. The summed E-state index contributed by atoms with van der Waals surface area (Å²) in [7, 11) is 1.38. The van der Waals surface area contributed by atoms with E-state index in [4.69, 9.17) is 14.6 Å². The van der Waals surface area contributed by atoms with Crippen molar-refractivity contribution in [2.75, 3.05) is 18.6 Å². The number of hydrogen-bond donors (Lipinski definition) is 1. The minimum Gasteiger partial charge on any atom is -0.493 e. The number of carboxylic acid groups (broad SMARTS) is 1. The van der Waals surface area contributed by atoms with Gasteiger partial charge in [-0.1, -0.05) is 12.1 Å². The molecule has 1 N–H and O–H groups in total. The van der Waals surface area contributed by atoms with E-state index in [1.165, 1.54) is 31.4 Å². The predicted molar refractivity (Wildman–Crippen MR) is 111 cm³/mol. The summed E-state index contributed by atoms with van der Waals surface area (Å²) in [4.78, 5) is 36.4. The molecule has 1 saturated heterocycles. The fourth-order valence-corrected chi connectivity index (χ4v) is 3.65. The zero-order valence-corrected chi connectivity index (χ0v) is 17.3. The van der Waals surface area contributed by atoms with Crippen molar-refractivity contribution in [1.82, 2.24) is 0 Å². The minimum atomic E-state index is -4.61. The van der Waals surface area contributed by atoms with Crippen LogP contribution in [0.25, 0.3) is 6.08 Å². The highest BCUT2D eigenvalue weighted by atomic mass is 32.2. The van der Waals surface area contributed by atoms with E-state index in [1.54, 1.807) is 6.07 Å². The van der Waals surface area contributed by atoms with Crippen molar-refractivity contribution >= 4 is 40.6 Å². The van der Waals surface area contributed by atoms with Gasteiger partial charge >= 0.3 is 12.1 Å². The van der Waals surface area contributed by atoms with Gasteiger partial charge < -0.3 is 14.6 Å². The normalized spacial score (nSPS) is 15.4. The number of carbonyl (C=O) groups excluding carboxylic acids is 2. The summed E-state index contributed by atoms with van der Waals surface area (Å²) in [5.74, 6) is -1.19. The van der Waals surface area contributed by atoms with Gasteiger partial charge in [0.15, 0.2) is 11.5 Å². The molecule has 168 valence electrons. The number of alkyl halides is 3. The predicted octanol–water partition coefficient (Wildman–Crippen LogP) is 4.81. The number of anilines is 1. The molecular weight excluding hydrogens is 451 g/mol. The van der Waals surface area contributed by atoms with Crippen molar-refractivity contribution in [3.8, 4) is 11.5 Å². The van der Waals surface area contributed by atoms with Gasteiger partial charge in [0.1, 0.15) is 0 Å². The number of aliphatic carboxylic acids is 1. The van der Waals surface area contributed by atoms with E-state index >= 15 is 0 Å². The lowest BCUT2D eigenvalue weighted by Crippen LogP contribution is -2.28. The molecule has 0 saturated carbocycles. The maximum atomic E-state index is 13.0. The van der Waals surface area contributed by atoms with Crippen molar-refractivity contribution in [2.24, 2.45) is 0 Å². The number of imide groups is 1. The number of nitrogens with zero attached hydrogens (tertiary/aromatic N) is 1. The molecule has 1 heterocycles. The monoisotopic (exact) mass is 467 g/mol. The molecule has 0 atom stereocenters. The summed E-state index contributed by atoms with van der Waals surface area (Å²) in [6.45, 7) is -0.0685. The second-order valence-corrected chi connectivity index (χ2v) is 7.46. The van der Waals surface area contributed by atoms with Crippen LogP contribution in [0, 0.1) is 0 Å². The van der Waals surface area contributed by atoms with E-state index < -0.39 is 28.9 Å². The first-order valence-corrected chi connectivity index (χ1v) is 9.89. The summed E-state index contributed by atoms with van der Waals surface area (Å²) in [5.41, 5.74) is -0.672. The molecule has 0 radical (unpaired) electrons. The van der Waals surface area contributed by atoms with E-state index in [0.29, 0.717) is 28.0 Å². The van der Waals surface area contributed by atoms with Gasteiger partial charge in [-0.05, 0) is 53.7 Å². The molecule has 0 bridgehead atoms. The number of ether oxygens (including phenoxy) is 2. The van der Waals surface area contributed by atoms with Crippen molar-refractivity contribution < 1.29 is 42.1 Å². The van der Waals surface area contributed by atoms with E-state index in [1.807, 2.05) is 0 Å². The quantitative estimate of drug-likeness (QED) is 0.584. The van der Waals surface area contributed by atoms with Crippen LogP contribution < -0.4 is 14.4 Å². The molecule has 1 aliphatic rings. The van der Waals surface area contributed by atoms with Crippen molar-refractivity contribution in [1.29, 1.82) is 0 Å². The Morgan fingerprint density at radius 2 is 1.91 bits per heavy atom. The lowest BCUT2D eigenvalue weighted by molar-refractivity contribution is -0.138. The zero-order valence-electron chi connectivity index (χ0n) is 16.5. The van der Waals surface area contributed by atoms with Gasteiger partial charge in [0.25, 0.3) is 11.1 Å². The smallest absolute Gasteiger partial charge is 0.416 e. The number of halogens is 3. The zero-order chi connectivity index (χ0) is 23.5. The van der Waals surface area contributed by atoms with E-state index in [-0.39, 0.29) is 29.4 Å². The Morgan fingerprint density at radius 1 is 1.16 bits per heavy atom. The topological polar surface area (TPSA) is 93.1 Å². The van der Waals surface area contributed by atoms with Crippen LogP contribution in [0.3, 0.4) is 0 Å². The fourth-order valence-electron chi connectivity index (χ4n) is 2.80. The van der Waals surface area contributed by atoms with Crippen molar-refractivity contribution in [3.63, 3.8) is 0 Å². The van der Waals surface area contributed by atoms with E-state index in [9.17, 15) is 27.6 Å². The van der Waals surface area contributed by atoms with Gasteiger partial charge in [-0.15, -0.1) is 0 Å². The largest absolute Gasteiger partial charge is 0.493 e. The molecule has 3 rings (SSSR count). The second kappa shape index (κ2) is 9.35. The molecule has 11 heteroatoms. The summed E-state index contributed by atoms with van der Waals surface area (Å²) < 4.78 is 49.5. The van der Waals surface area contributed by atoms with Crippen LogP contribution in [0.5, 0.6) is 11.5 Å². The summed E-state index contributed by atoms with van der Waals surface area (Å²) in [5, 5.41) is 7.96. The first kappa shape index (κ1) is 23.2. The van der Waals surface area contributed by atoms with Crippen molar-refractivity contribution in [3.05, 3.63) is 58.5 Å². The first-order chi connectivity index (χ1) is 15.1. The van der Waals surface area contributed by atoms with Crippen LogP contribution in [0.15, 0.2) is 47.4 Å². The molecule has 32 heavy (non-hydrogen) atoms. The third-order valence-electron chi connectivity index (χ3n) is 4.28. The number of methoxy groups -OCH3 is 1. The first-order valence-electron chi connectivity index (χ1n) is 9.08. The third-order valence-corrected chi connectivity index (χ3v) is 5.15. The average Bonchev–Trinajstić information content (AvgIpc) is 3.01. The Hall–Kier alpha value is -3.47. The van der Waals surface area contributed by atoms with Crippen LogP contribution in [-0.4, -0.2) is 35.9 Å². The molecule has 1 fully saturated rings. The average molecular weight is 467 g/mol. The number of thioether (sulfide) groups is 1. The minimum absolute atomic E-state index is 0.0222. The Morgan fingerprint density at radius 3 is 2.56 bits per heavy atom. The SMILES string of the molecule is COc1cc(/C=C2/SC(=O)N(c3cccc(C(F)(F)F)c3)C2=O)ccc1OCCC(=O)O. The molecule has 1 aliphatic heterocycles. The van der Waals surface area contributed by atoms with E-state index in [2.05, 4.69) is 0 Å². The molecule has 0 aliphatic carbocycles. The lowest BCUT2D eigenvalue weighted by Gasteiger charge is -2.15. The highest BCUT2D eigenvalue weighted by Gasteiger charge is 2.38. The number of carbonyl (C=O) groups is 3.